The van der Waals surface area contributed by atoms with Crippen LogP contribution in [0.15, 0.2) is 18.7 Å². The van der Waals surface area contributed by atoms with Crippen molar-refractivity contribution in [3.63, 3.8) is 0 Å². The first-order valence-electron chi connectivity index (χ1n) is 3.59. The lowest BCUT2D eigenvalue weighted by Gasteiger charge is -1.99. The average molecular weight is 149 g/mol. The Kier molecular flexibility index (Phi) is 2.26. The molecule has 0 fully saturated rings. The predicted molar refractivity (Wildman–Crippen MR) is 45.4 cm³/mol. The van der Waals surface area contributed by atoms with Crippen molar-refractivity contribution >= 4 is 6.08 Å². The Morgan fingerprint density at radius 1 is 1.64 bits per heavy atom. The Morgan fingerprint density at radius 3 is 2.91 bits per heavy atom. The van der Waals surface area contributed by atoms with Crippen LogP contribution in [0.3, 0.4) is 0 Å². The second-order valence-electron chi connectivity index (χ2n) is 2.26. The van der Waals surface area contributed by atoms with Crippen LogP contribution in [-0.4, -0.2) is 10.1 Å². The van der Waals surface area contributed by atoms with E-state index in [9.17, 15) is 5.11 Å². The van der Waals surface area contributed by atoms with Crippen LogP contribution in [-0.2, 0) is 6.42 Å². The van der Waals surface area contributed by atoms with E-state index in [-0.39, 0.29) is 5.75 Å². The van der Waals surface area contributed by atoms with Crippen molar-refractivity contribution in [3.8, 4) is 5.75 Å². The van der Waals surface area contributed by atoms with E-state index in [0.29, 0.717) is 5.69 Å². The predicted octanol–water partition coefficient (Wildman–Crippen LogP) is 1.99. The molecule has 0 radical (unpaired) electrons. The molecule has 0 saturated heterocycles. The number of pyridine rings is 1. The molecule has 0 spiro atoms. The minimum atomic E-state index is 0.192. The highest BCUT2D eigenvalue weighted by Crippen LogP contribution is 2.15. The number of nitrogens with zero attached hydrogens (tertiary/aromatic N) is 1. The van der Waals surface area contributed by atoms with E-state index in [4.69, 9.17) is 0 Å². The molecule has 1 aromatic heterocycles. The summed E-state index contributed by atoms with van der Waals surface area (Å²) in [7, 11) is 0. The van der Waals surface area contributed by atoms with Crippen LogP contribution >= 0.6 is 0 Å². The summed E-state index contributed by atoms with van der Waals surface area (Å²) in [6.45, 7) is 5.56. The number of aryl methyl sites for hydroxylation is 1. The highest BCUT2D eigenvalue weighted by atomic mass is 16.3. The maximum atomic E-state index is 9.20. The molecule has 0 unspecified atom stereocenters. The molecule has 0 aliphatic rings. The van der Waals surface area contributed by atoms with E-state index in [1.807, 2.05) is 13.0 Å². The molecule has 2 nitrogen and oxygen atoms in total. The number of hydrogen-bond donors (Lipinski definition) is 1. The minimum Gasteiger partial charge on any atom is -0.506 e. The largest absolute Gasteiger partial charge is 0.506 e. The molecule has 0 aromatic carbocycles. The topological polar surface area (TPSA) is 33.1 Å². The van der Waals surface area contributed by atoms with Crippen LogP contribution in [0.25, 0.3) is 6.08 Å². The van der Waals surface area contributed by atoms with Crippen LogP contribution in [0.5, 0.6) is 5.75 Å². The third-order valence-electron chi connectivity index (χ3n) is 1.52. The Balaban J connectivity index is 3.12. The SMILES string of the molecule is C=Cc1nc(CC)ccc1O. The fourth-order valence-electron chi connectivity index (χ4n) is 0.857. The third kappa shape index (κ3) is 1.58. The van der Waals surface area contributed by atoms with Gasteiger partial charge in [-0.25, -0.2) is 4.98 Å². The number of hydrogen-bond acceptors (Lipinski definition) is 2. The fourth-order valence-corrected chi connectivity index (χ4v) is 0.857. The molecule has 0 bridgehead atoms. The summed E-state index contributed by atoms with van der Waals surface area (Å²) in [6.07, 6.45) is 2.43. The summed E-state index contributed by atoms with van der Waals surface area (Å²) >= 11 is 0. The van der Waals surface area contributed by atoms with E-state index in [0.717, 1.165) is 12.1 Å². The zero-order chi connectivity index (χ0) is 8.27. The van der Waals surface area contributed by atoms with Gasteiger partial charge in [0.15, 0.2) is 0 Å². The summed E-state index contributed by atoms with van der Waals surface area (Å²) in [4.78, 5) is 4.14. The highest BCUT2D eigenvalue weighted by molar-refractivity contribution is 5.50. The van der Waals surface area contributed by atoms with Crippen molar-refractivity contribution < 1.29 is 5.11 Å². The third-order valence-corrected chi connectivity index (χ3v) is 1.52. The molecule has 2 heteroatoms. The van der Waals surface area contributed by atoms with Gasteiger partial charge in [0.1, 0.15) is 11.4 Å². The maximum Gasteiger partial charge on any atom is 0.141 e. The number of aromatic hydroxyl groups is 1. The molecule has 58 valence electrons. The Morgan fingerprint density at radius 2 is 2.36 bits per heavy atom. The van der Waals surface area contributed by atoms with Gasteiger partial charge in [-0.1, -0.05) is 13.5 Å². The van der Waals surface area contributed by atoms with Gasteiger partial charge in [-0.2, -0.15) is 0 Å². The zero-order valence-corrected chi connectivity index (χ0v) is 6.54. The highest BCUT2D eigenvalue weighted by Gasteiger charge is 1.98. The van der Waals surface area contributed by atoms with Crippen LogP contribution < -0.4 is 0 Å². The Bertz CT molecular complexity index is 268. The van der Waals surface area contributed by atoms with Gasteiger partial charge in [-0.05, 0) is 24.6 Å². The van der Waals surface area contributed by atoms with Gasteiger partial charge in [0.25, 0.3) is 0 Å². The zero-order valence-electron chi connectivity index (χ0n) is 6.54. The van der Waals surface area contributed by atoms with Crippen LogP contribution in [0.2, 0.25) is 0 Å². The van der Waals surface area contributed by atoms with Gasteiger partial charge in [-0.3, -0.25) is 0 Å². The lowest BCUT2D eigenvalue weighted by Crippen LogP contribution is -1.88. The average Bonchev–Trinajstić information content (AvgIpc) is 2.05. The van der Waals surface area contributed by atoms with Gasteiger partial charge in [0, 0.05) is 5.69 Å². The van der Waals surface area contributed by atoms with Crippen molar-refractivity contribution in [2.75, 3.05) is 0 Å². The maximum absolute atomic E-state index is 9.20. The van der Waals surface area contributed by atoms with Gasteiger partial charge in [0.05, 0.1) is 0 Å². The molecule has 0 amide bonds. The second-order valence-corrected chi connectivity index (χ2v) is 2.26. The van der Waals surface area contributed by atoms with Crippen LogP contribution in [0.1, 0.15) is 18.3 Å². The Hall–Kier alpha value is -1.31. The molecule has 1 heterocycles. The molecule has 0 aliphatic heterocycles. The van der Waals surface area contributed by atoms with E-state index in [1.165, 1.54) is 0 Å². The van der Waals surface area contributed by atoms with Gasteiger partial charge in [0.2, 0.25) is 0 Å². The summed E-state index contributed by atoms with van der Waals surface area (Å²) in [5, 5.41) is 9.20. The van der Waals surface area contributed by atoms with Crippen molar-refractivity contribution in [1.82, 2.24) is 4.98 Å². The van der Waals surface area contributed by atoms with Gasteiger partial charge >= 0.3 is 0 Å². The van der Waals surface area contributed by atoms with Crippen LogP contribution in [0.4, 0.5) is 0 Å². The molecule has 0 atom stereocenters. The standard InChI is InChI=1S/C9H11NO/c1-3-7-5-6-9(11)8(4-2)10-7/h4-6,11H,2-3H2,1H3. The number of rotatable bonds is 2. The molecule has 0 saturated carbocycles. The quantitative estimate of drug-likeness (QED) is 0.697. The summed E-state index contributed by atoms with van der Waals surface area (Å²) in [5.74, 6) is 0.192. The first-order valence-corrected chi connectivity index (χ1v) is 3.59. The minimum absolute atomic E-state index is 0.192. The molecule has 0 aliphatic carbocycles. The van der Waals surface area contributed by atoms with Crippen molar-refractivity contribution in [2.45, 2.75) is 13.3 Å². The normalized spacial score (nSPS) is 9.55. The first-order chi connectivity index (χ1) is 5.27. The lowest BCUT2D eigenvalue weighted by molar-refractivity contribution is 0.470. The van der Waals surface area contributed by atoms with Gasteiger partial charge < -0.3 is 5.11 Å². The smallest absolute Gasteiger partial charge is 0.141 e. The van der Waals surface area contributed by atoms with Crippen molar-refractivity contribution in [1.29, 1.82) is 0 Å². The Labute approximate surface area is 66.2 Å². The van der Waals surface area contributed by atoms with E-state index >= 15 is 0 Å². The number of aromatic nitrogens is 1. The van der Waals surface area contributed by atoms with E-state index in [1.54, 1.807) is 12.1 Å². The second kappa shape index (κ2) is 3.19. The fraction of sp³-hybridized carbons (Fsp3) is 0.222. The van der Waals surface area contributed by atoms with E-state index < -0.39 is 0 Å². The van der Waals surface area contributed by atoms with Crippen LogP contribution in [0, 0.1) is 0 Å². The van der Waals surface area contributed by atoms with Crippen molar-refractivity contribution in [3.05, 3.63) is 30.1 Å². The monoisotopic (exact) mass is 149 g/mol. The molecule has 11 heavy (non-hydrogen) atoms. The lowest BCUT2D eigenvalue weighted by atomic mass is 10.2. The summed E-state index contributed by atoms with van der Waals surface area (Å²) in [5.41, 5.74) is 1.53. The molecule has 1 N–H and O–H groups in total. The van der Waals surface area contributed by atoms with Gasteiger partial charge in [-0.15, -0.1) is 0 Å². The summed E-state index contributed by atoms with van der Waals surface area (Å²) in [6, 6.07) is 3.45. The first kappa shape index (κ1) is 7.79. The molecule has 1 rings (SSSR count). The molecule has 1 aromatic rings. The van der Waals surface area contributed by atoms with E-state index in [2.05, 4.69) is 11.6 Å². The summed E-state index contributed by atoms with van der Waals surface area (Å²) < 4.78 is 0. The molecular weight excluding hydrogens is 138 g/mol. The van der Waals surface area contributed by atoms with Crippen molar-refractivity contribution in [2.24, 2.45) is 0 Å². The molecular formula is C9H11NO.